The Morgan fingerprint density at radius 2 is 2.14 bits per heavy atom. The number of allylic oxidation sites excluding steroid dienone is 3. The Balaban J connectivity index is 1.51. The zero-order chi connectivity index (χ0) is 24.5. The first-order chi connectivity index (χ1) is 16.8. The predicted octanol–water partition coefficient (Wildman–Crippen LogP) is 5.04. The molecule has 2 aromatic rings. The molecule has 2 fully saturated rings. The summed E-state index contributed by atoms with van der Waals surface area (Å²) in [6, 6.07) is 4.38. The van der Waals surface area contributed by atoms with Crippen LogP contribution in [0.25, 0.3) is 11.0 Å². The number of imidazole rings is 1. The topological polar surface area (TPSA) is 96.6 Å². The van der Waals surface area contributed by atoms with Crippen LogP contribution in [0.1, 0.15) is 69.0 Å². The summed E-state index contributed by atoms with van der Waals surface area (Å²) < 4.78 is 22.3. The maximum absolute atomic E-state index is 14.7. The van der Waals surface area contributed by atoms with Crippen LogP contribution in [0.4, 0.5) is 10.1 Å². The van der Waals surface area contributed by atoms with Crippen LogP contribution in [0.3, 0.4) is 0 Å². The normalized spacial score (nSPS) is 32.6. The molecule has 1 aromatic carbocycles. The van der Waals surface area contributed by atoms with Crippen LogP contribution in [0.2, 0.25) is 0 Å². The number of aryl methyl sites for hydroxylation is 1. The number of aliphatic hydroxyl groups is 1. The average Bonchev–Trinajstić information content (AvgIpc) is 3.51. The number of ether oxygens (including phenoxy) is 1. The van der Waals surface area contributed by atoms with Crippen molar-refractivity contribution in [1.29, 1.82) is 0 Å². The quantitative estimate of drug-likeness (QED) is 0.554. The van der Waals surface area contributed by atoms with E-state index in [0.29, 0.717) is 36.9 Å². The lowest BCUT2D eigenvalue weighted by Gasteiger charge is -2.32. The molecule has 0 saturated heterocycles. The molecule has 6 rings (SSSR count). The Kier molecular flexibility index (Phi) is 5.22. The highest BCUT2D eigenvalue weighted by Gasteiger charge is 2.66. The second-order valence-electron chi connectivity index (χ2n) is 10.7. The molecule has 6 unspecified atom stereocenters. The van der Waals surface area contributed by atoms with Crippen molar-refractivity contribution in [3.63, 3.8) is 0 Å². The summed E-state index contributed by atoms with van der Waals surface area (Å²) in [5.74, 6) is -0.816. The summed E-state index contributed by atoms with van der Waals surface area (Å²) in [7, 11) is 1.55. The van der Waals surface area contributed by atoms with Gasteiger partial charge in [-0.15, -0.1) is 0 Å². The number of aliphatic carboxylic acids is 1. The van der Waals surface area contributed by atoms with Gasteiger partial charge in [0.05, 0.1) is 29.5 Å². The molecule has 1 aromatic heterocycles. The molecule has 35 heavy (non-hydrogen) atoms. The molecular formula is C27H32FN3O4. The summed E-state index contributed by atoms with van der Waals surface area (Å²) >= 11 is 0. The number of methoxy groups -OCH3 is 1. The van der Waals surface area contributed by atoms with Crippen molar-refractivity contribution in [3.05, 3.63) is 47.3 Å². The van der Waals surface area contributed by atoms with Gasteiger partial charge >= 0.3 is 5.97 Å². The van der Waals surface area contributed by atoms with Gasteiger partial charge in [-0.2, -0.15) is 0 Å². The van der Waals surface area contributed by atoms with Crippen molar-refractivity contribution >= 4 is 22.7 Å². The highest BCUT2D eigenvalue weighted by Crippen LogP contribution is 2.69. The summed E-state index contributed by atoms with van der Waals surface area (Å²) in [6.45, 7) is 2.16. The average molecular weight is 482 g/mol. The first-order valence-corrected chi connectivity index (χ1v) is 12.7. The van der Waals surface area contributed by atoms with Crippen LogP contribution < -0.4 is 5.32 Å². The van der Waals surface area contributed by atoms with E-state index in [-0.39, 0.29) is 11.9 Å². The SMILES string of the molecule is COC1=CC=C(F)C2CC12C(O)c1nc2c3c(ccc2n1C1CCCC(C(=O)O)C1)NC(C)CC3. The van der Waals surface area contributed by atoms with Crippen molar-refractivity contribution in [2.24, 2.45) is 17.3 Å². The number of carboxylic acids is 1. The van der Waals surface area contributed by atoms with Gasteiger partial charge in [-0.1, -0.05) is 6.42 Å². The Morgan fingerprint density at radius 1 is 1.31 bits per heavy atom. The van der Waals surface area contributed by atoms with Crippen LogP contribution in [0.15, 0.2) is 35.9 Å². The molecule has 0 amide bonds. The third-order valence-electron chi connectivity index (χ3n) is 8.73. The third-order valence-corrected chi connectivity index (χ3v) is 8.73. The number of rotatable bonds is 5. The molecule has 0 spiro atoms. The van der Waals surface area contributed by atoms with Gasteiger partial charge in [0.15, 0.2) is 0 Å². The van der Waals surface area contributed by atoms with Crippen LogP contribution in [0.5, 0.6) is 0 Å². The molecular weight excluding hydrogens is 449 g/mol. The molecule has 7 nitrogen and oxygen atoms in total. The van der Waals surface area contributed by atoms with E-state index >= 15 is 0 Å². The van der Waals surface area contributed by atoms with E-state index in [0.717, 1.165) is 48.0 Å². The van der Waals surface area contributed by atoms with E-state index in [4.69, 9.17) is 9.72 Å². The van der Waals surface area contributed by atoms with E-state index in [9.17, 15) is 19.4 Å². The van der Waals surface area contributed by atoms with E-state index in [1.807, 2.05) is 6.07 Å². The largest absolute Gasteiger partial charge is 0.500 e. The molecule has 0 radical (unpaired) electrons. The van der Waals surface area contributed by atoms with Gasteiger partial charge in [0, 0.05) is 29.3 Å². The van der Waals surface area contributed by atoms with Crippen molar-refractivity contribution < 1.29 is 24.1 Å². The summed E-state index contributed by atoms with van der Waals surface area (Å²) in [4.78, 5) is 16.9. The Bertz CT molecular complexity index is 1270. The zero-order valence-electron chi connectivity index (χ0n) is 20.1. The van der Waals surface area contributed by atoms with Crippen LogP contribution >= 0.6 is 0 Å². The van der Waals surface area contributed by atoms with Crippen molar-refractivity contribution in [3.8, 4) is 0 Å². The Hall–Kier alpha value is -2.87. The molecule has 3 N–H and O–H groups in total. The maximum Gasteiger partial charge on any atom is 0.306 e. The number of aromatic nitrogens is 2. The van der Waals surface area contributed by atoms with Gasteiger partial charge in [0.1, 0.15) is 23.5 Å². The van der Waals surface area contributed by atoms with Gasteiger partial charge < -0.3 is 24.8 Å². The molecule has 4 aliphatic rings. The number of fused-ring (bicyclic) bond motifs is 4. The highest BCUT2D eigenvalue weighted by molar-refractivity contribution is 5.86. The van der Waals surface area contributed by atoms with Gasteiger partial charge in [-0.05, 0) is 69.7 Å². The maximum atomic E-state index is 14.7. The number of carbonyl (C=O) groups is 1. The fourth-order valence-corrected chi connectivity index (χ4v) is 6.77. The monoisotopic (exact) mass is 481 g/mol. The van der Waals surface area contributed by atoms with Gasteiger partial charge in [-0.3, -0.25) is 4.79 Å². The molecule has 186 valence electrons. The zero-order valence-corrected chi connectivity index (χ0v) is 20.1. The van der Waals surface area contributed by atoms with E-state index < -0.39 is 29.3 Å². The van der Waals surface area contributed by atoms with Crippen LogP contribution in [-0.2, 0) is 16.0 Å². The van der Waals surface area contributed by atoms with E-state index in [1.165, 1.54) is 6.08 Å². The molecule has 2 saturated carbocycles. The molecule has 6 atom stereocenters. The number of hydrogen-bond acceptors (Lipinski definition) is 5. The van der Waals surface area contributed by atoms with Crippen molar-refractivity contribution in [2.75, 3.05) is 12.4 Å². The number of benzene rings is 1. The minimum atomic E-state index is -1.07. The number of nitrogens with zero attached hydrogens (tertiary/aromatic N) is 2. The number of hydrogen-bond donors (Lipinski definition) is 3. The summed E-state index contributed by atoms with van der Waals surface area (Å²) in [5, 5.41) is 25.1. The highest BCUT2D eigenvalue weighted by atomic mass is 19.1. The van der Waals surface area contributed by atoms with Crippen LogP contribution in [0, 0.1) is 17.3 Å². The Morgan fingerprint density at radius 3 is 2.91 bits per heavy atom. The second-order valence-corrected chi connectivity index (χ2v) is 10.7. The number of halogens is 1. The first kappa shape index (κ1) is 22.6. The first-order valence-electron chi connectivity index (χ1n) is 12.7. The number of nitrogens with one attached hydrogen (secondary N) is 1. The molecule has 0 bridgehead atoms. The van der Waals surface area contributed by atoms with E-state index in [1.54, 1.807) is 13.2 Å². The van der Waals surface area contributed by atoms with E-state index in [2.05, 4.69) is 22.9 Å². The minimum Gasteiger partial charge on any atom is -0.500 e. The van der Waals surface area contributed by atoms with Crippen molar-refractivity contribution in [2.45, 2.75) is 70.1 Å². The fourth-order valence-electron chi connectivity index (χ4n) is 6.77. The Labute approximate surface area is 203 Å². The summed E-state index contributed by atoms with van der Waals surface area (Å²) in [5.41, 5.74) is 3.06. The fraction of sp³-hybridized carbons (Fsp3) is 0.556. The second kappa shape index (κ2) is 8.08. The number of aliphatic hydroxyl groups excluding tert-OH is 1. The molecule has 8 heteroatoms. The minimum absolute atomic E-state index is 0.0967. The number of carboxylic acid groups (broad SMARTS) is 1. The molecule has 2 heterocycles. The lowest BCUT2D eigenvalue weighted by Crippen LogP contribution is -2.29. The van der Waals surface area contributed by atoms with Crippen molar-refractivity contribution in [1.82, 2.24) is 9.55 Å². The lowest BCUT2D eigenvalue weighted by molar-refractivity contribution is -0.143. The van der Waals surface area contributed by atoms with Gasteiger partial charge in [0.25, 0.3) is 0 Å². The summed E-state index contributed by atoms with van der Waals surface area (Å²) in [6.07, 6.45) is 7.06. The lowest BCUT2D eigenvalue weighted by atomic mass is 9.84. The smallest absolute Gasteiger partial charge is 0.306 e. The van der Waals surface area contributed by atoms with Gasteiger partial charge in [-0.25, -0.2) is 9.37 Å². The predicted molar refractivity (Wildman–Crippen MR) is 130 cm³/mol. The molecule has 1 aliphatic heterocycles. The standard InChI is InChI=1S/C27H32FN3O4/c1-14-6-7-17-20(29-14)9-10-21-23(17)30-25(31(21)16-5-3-4-15(12-16)26(33)34)24(32)27-13-18(27)19(28)8-11-22(27)35-2/h8-11,14-16,18,24,29,32H,3-7,12-13H2,1-2H3,(H,33,34). The number of anilines is 1. The van der Waals surface area contributed by atoms with Crippen LogP contribution in [-0.4, -0.2) is 38.9 Å². The molecule has 3 aliphatic carbocycles. The van der Waals surface area contributed by atoms with Gasteiger partial charge in [0.2, 0.25) is 0 Å². The third kappa shape index (κ3) is 3.33.